The molecule has 1 aliphatic heterocycles. The number of guanidine groups is 1. The average molecular weight is 465 g/mol. The smallest absolute Gasteiger partial charge is 0.189 e. The zero-order valence-corrected chi connectivity index (χ0v) is 18.0. The summed E-state index contributed by atoms with van der Waals surface area (Å²) >= 11 is 0. The summed E-state index contributed by atoms with van der Waals surface area (Å²) < 4.78 is 5.68. The lowest BCUT2D eigenvalue weighted by Crippen LogP contribution is -2.37. The number of benzene rings is 2. The van der Waals surface area contributed by atoms with E-state index >= 15 is 0 Å². The summed E-state index contributed by atoms with van der Waals surface area (Å²) in [6, 6.07) is 16.8. The fourth-order valence-corrected chi connectivity index (χ4v) is 3.00. The maximum absolute atomic E-state index is 6.11. The normalized spacial score (nSPS) is 16.9. The number of para-hydroxylation sites is 1. The number of ether oxygens (including phenoxy) is 1. The fraction of sp³-hybridized carbons (Fsp3) is 0.381. The number of halogens is 1. The summed E-state index contributed by atoms with van der Waals surface area (Å²) in [6.45, 7) is 7.92. The van der Waals surface area contributed by atoms with E-state index in [1.165, 1.54) is 5.56 Å². The molecule has 140 valence electrons. The van der Waals surface area contributed by atoms with Crippen LogP contribution in [0.4, 0.5) is 0 Å². The van der Waals surface area contributed by atoms with Crippen molar-refractivity contribution in [1.29, 1.82) is 0 Å². The number of rotatable bonds is 3. The molecule has 0 radical (unpaired) electrons. The number of aliphatic imine (C=N–C) groups is 1. The van der Waals surface area contributed by atoms with Gasteiger partial charge in [-0.25, -0.2) is 4.99 Å². The predicted octanol–water partition coefficient (Wildman–Crippen LogP) is 4.53. The molecule has 5 heteroatoms. The van der Waals surface area contributed by atoms with E-state index in [1.807, 2.05) is 18.2 Å². The maximum Gasteiger partial charge on any atom is 0.189 e. The van der Waals surface area contributed by atoms with Crippen LogP contribution < -0.4 is 15.8 Å². The van der Waals surface area contributed by atoms with E-state index in [1.54, 1.807) is 0 Å². The lowest BCUT2D eigenvalue weighted by molar-refractivity contribution is 0.262. The Morgan fingerprint density at radius 1 is 1.15 bits per heavy atom. The largest absolute Gasteiger partial charge is 0.493 e. The molecule has 0 fully saturated rings. The van der Waals surface area contributed by atoms with Crippen LogP contribution >= 0.6 is 24.0 Å². The quantitative estimate of drug-likeness (QED) is 0.398. The van der Waals surface area contributed by atoms with Crippen molar-refractivity contribution in [3.05, 3.63) is 65.2 Å². The topological polar surface area (TPSA) is 59.6 Å². The highest BCUT2D eigenvalue weighted by molar-refractivity contribution is 14.0. The third kappa shape index (κ3) is 5.13. The second-order valence-electron chi connectivity index (χ2n) is 7.52. The minimum Gasteiger partial charge on any atom is -0.493 e. The van der Waals surface area contributed by atoms with Gasteiger partial charge in [0.2, 0.25) is 0 Å². The molecule has 2 aromatic carbocycles. The number of nitrogens with one attached hydrogen (secondary N) is 1. The fourth-order valence-electron chi connectivity index (χ4n) is 3.00. The Morgan fingerprint density at radius 3 is 2.54 bits per heavy atom. The summed E-state index contributed by atoms with van der Waals surface area (Å²) in [5.41, 5.74) is 9.89. The van der Waals surface area contributed by atoms with E-state index in [0.717, 1.165) is 23.3 Å². The molecule has 2 aromatic rings. The van der Waals surface area contributed by atoms with Crippen LogP contribution in [-0.2, 0) is 12.0 Å². The molecule has 3 N–H and O–H groups in total. The van der Waals surface area contributed by atoms with Gasteiger partial charge in [0.25, 0.3) is 0 Å². The van der Waals surface area contributed by atoms with Crippen molar-refractivity contribution in [3.8, 4) is 5.75 Å². The van der Waals surface area contributed by atoms with Crippen molar-refractivity contribution in [3.63, 3.8) is 0 Å². The van der Waals surface area contributed by atoms with Gasteiger partial charge >= 0.3 is 0 Å². The number of hydrogen-bond donors (Lipinski definition) is 2. The summed E-state index contributed by atoms with van der Waals surface area (Å²) in [7, 11) is 0. The first-order valence-electron chi connectivity index (χ1n) is 8.81. The summed E-state index contributed by atoms with van der Waals surface area (Å²) in [5.74, 6) is 1.40. The van der Waals surface area contributed by atoms with Crippen LogP contribution in [0.3, 0.4) is 0 Å². The highest BCUT2D eigenvalue weighted by Gasteiger charge is 2.21. The minimum atomic E-state index is 0. The Hall–Kier alpha value is -1.76. The van der Waals surface area contributed by atoms with Crippen LogP contribution in [0.2, 0.25) is 0 Å². The third-order valence-corrected chi connectivity index (χ3v) is 4.53. The minimum absolute atomic E-state index is 0. The highest BCUT2D eigenvalue weighted by Crippen LogP contribution is 2.31. The summed E-state index contributed by atoms with van der Waals surface area (Å²) in [6.07, 6.45) is 0.882. The van der Waals surface area contributed by atoms with Gasteiger partial charge in [0.05, 0.1) is 19.2 Å². The SMILES string of the molecule is CC(C)(C)c1ccc(CN=C(N)NC2CCOc3ccccc32)cc1.I. The van der Waals surface area contributed by atoms with E-state index in [9.17, 15) is 0 Å². The lowest BCUT2D eigenvalue weighted by Gasteiger charge is -2.26. The Labute approximate surface area is 173 Å². The van der Waals surface area contributed by atoms with Gasteiger partial charge in [-0.2, -0.15) is 0 Å². The molecule has 0 aromatic heterocycles. The lowest BCUT2D eigenvalue weighted by atomic mass is 9.87. The van der Waals surface area contributed by atoms with E-state index in [-0.39, 0.29) is 35.4 Å². The van der Waals surface area contributed by atoms with Crippen LogP contribution in [-0.4, -0.2) is 12.6 Å². The first kappa shape index (κ1) is 20.6. The van der Waals surface area contributed by atoms with Gasteiger partial charge in [0.15, 0.2) is 5.96 Å². The first-order valence-corrected chi connectivity index (χ1v) is 8.81. The van der Waals surface area contributed by atoms with E-state index in [4.69, 9.17) is 10.5 Å². The van der Waals surface area contributed by atoms with E-state index in [2.05, 4.69) is 61.4 Å². The molecule has 0 saturated heterocycles. The van der Waals surface area contributed by atoms with Crippen LogP contribution in [0.1, 0.15) is 49.9 Å². The van der Waals surface area contributed by atoms with Gasteiger partial charge in [0.1, 0.15) is 5.75 Å². The molecule has 0 saturated carbocycles. The standard InChI is InChI=1S/C21H27N3O.HI/c1-21(2,3)16-10-8-15(9-11-16)14-23-20(22)24-18-12-13-25-19-7-5-4-6-17(18)19;/h4-11,18H,12-14H2,1-3H3,(H3,22,23,24);1H. The molecule has 1 unspecified atom stereocenters. The zero-order valence-electron chi connectivity index (χ0n) is 15.7. The molecule has 4 nitrogen and oxygen atoms in total. The van der Waals surface area contributed by atoms with Gasteiger partial charge in [-0.05, 0) is 22.6 Å². The van der Waals surface area contributed by atoms with Crippen LogP contribution in [0, 0.1) is 0 Å². The van der Waals surface area contributed by atoms with E-state index < -0.39 is 0 Å². The molecule has 0 aliphatic carbocycles. The Kier molecular flexibility index (Phi) is 6.92. The number of fused-ring (bicyclic) bond motifs is 1. The van der Waals surface area contributed by atoms with E-state index in [0.29, 0.717) is 19.1 Å². The monoisotopic (exact) mass is 465 g/mol. The molecule has 0 bridgehead atoms. The molecule has 1 heterocycles. The van der Waals surface area contributed by atoms with Crippen molar-refractivity contribution in [2.75, 3.05) is 6.61 Å². The number of nitrogens with zero attached hydrogens (tertiary/aromatic N) is 1. The Balaban J connectivity index is 0.00000243. The maximum atomic E-state index is 6.11. The molecular weight excluding hydrogens is 437 g/mol. The van der Waals surface area contributed by atoms with Gasteiger partial charge in [0, 0.05) is 12.0 Å². The Morgan fingerprint density at radius 2 is 1.85 bits per heavy atom. The van der Waals surface area contributed by atoms with Crippen LogP contribution in [0.15, 0.2) is 53.5 Å². The molecule has 0 amide bonds. The highest BCUT2D eigenvalue weighted by atomic mass is 127. The Bertz CT molecular complexity index is 751. The van der Waals surface area contributed by atoms with Crippen molar-refractivity contribution >= 4 is 29.9 Å². The predicted molar refractivity (Wildman–Crippen MR) is 118 cm³/mol. The van der Waals surface area contributed by atoms with Crippen LogP contribution in [0.5, 0.6) is 5.75 Å². The molecule has 3 rings (SSSR count). The van der Waals surface area contributed by atoms with Crippen molar-refractivity contribution in [2.45, 2.75) is 45.2 Å². The summed E-state index contributed by atoms with van der Waals surface area (Å²) in [4.78, 5) is 4.50. The van der Waals surface area contributed by atoms with Crippen molar-refractivity contribution in [2.24, 2.45) is 10.7 Å². The van der Waals surface area contributed by atoms with Crippen molar-refractivity contribution in [1.82, 2.24) is 5.32 Å². The van der Waals surface area contributed by atoms with Gasteiger partial charge < -0.3 is 15.8 Å². The van der Waals surface area contributed by atoms with Gasteiger partial charge in [-0.15, -0.1) is 24.0 Å². The molecule has 26 heavy (non-hydrogen) atoms. The van der Waals surface area contributed by atoms with Crippen molar-refractivity contribution < 1.29 is 4.74 Å². The average Bonchev–Trinajstić information content (AvgIpc) is 2.60. The second-order valence-corrected chi connectivity index (χ2v) is 7.52. The molecule has 1 atom stereocenters. The second kappa shape index (κ2) is 8.75. The molecular formula is C21H28IN3O. The third-order valence-electron chi connectivity index (χ3n) is 4.53. The van der Waals surface area contributed by atoms with Gasteiger partial charge in [-0.3, -0.25) is 0 Å². The number of nitrogens with two attached hydrogens (primary N) is 1. The van der Waals surface area contributed by atoms with Crippen LogP contribution in [0.25, 0.3) is 0 Å². The number of hydrogen-bond acceptors (Lipinski definition) is 2. The van der Waals surface area contributed by atoms with Gasteiger partial charge in [-0.1, -0.05) is 63.2 Å². The molecule has 1 aliphatic rings. The summed E-state index contributed by atoms with van der Waals surface area (Å²) in [5, 5.41) is 3.33. The molecule has 0 spiro atoms. The zero-order chi connectivity index (χ0) is 17.9. The first-order chi connectivity index (χ1) is 11.9.